The van der Waals surface area contributed by atoms with Crippen molar-refractivity contribution in [1.29, 1.82) is 0 Å². The Morgan fingerprint density at radius 2 is 1.65 bits per heavy atom. The monoisotopic (exact) mass is 275 g/mol. The molecule has 106 valence electrons. The normalized spacial score (nSPS) is 10.3. The fraction of sp³-hybridized carbons (Fsp3) is 0.250. The van der Waals surface area contributed by atoms with Crippen molar-refractivity contribution < 1.29 is 13.9 Å². The van der Waals surface area contributed by atoms with Gasteiger partial charge in [0.05, 0.1) is 6.61 Å². The summed E-state index contributed by atoms with van der Waals surface area (Å²) in [6.45, 7) is 2.84. The largest absolute Gasteiger partial charge is 0.494 e. The highest BCUT2D eigenvalue weighted by molar-refractivity contribution is 5.47. The Hall–Kier alpha value is -2.23. The Bertz CT molecular complexity index is 535. The van der Waals surface area contributed by atoms with Crippen LogP contribution in [0.25, 0.3) is 0 Å². The van der Waals surface area contributed by atoms with Crippen molar-refractivity contribution in [2.45, 2.75) is 20.0 Å². The summed E-state index contributed by atoms with van der Waals surface area (Å²) in [6.07, 6.45) is 0.963. The van der Waals surface area contributed by atoms with Gasteiger partial charge in [-0.3, -0.25) is 0 Å². The van der Waals surface area contributed by atoms with Crippen molar-refractivity contribution in [3.8, 4) is 11.5 Å². The van der Waals surface area contributed by atoms with Crippen molar-refractivity contribution in [2.75, 3.05) is 12.3 Å². The Morgan fingerprint density at radius 1 is 1.00 bits per heavy atom. The third-order valence-corrected chi connectivity index (χ3v) is 2.83. The van der Waals surface area contributed by atoms with E-state index in [0.717, 1.165) is 12.2 Å². The molecule has 0 bridgehead atoms. The molecule has 0 saturated carbocycles. The first kappa shape index (κ1) is 14.2. The van der Waals surface area contributed by atoms with Crippen LogP contribution in [0.3, 0.4) is 0 Å². The zero-order valence-electron chi connectivity index (χ0n) is 11.4. The van der Waals surface area contributed by atoms with Crippen LogP contribution in [0.15, 0.2) is 42.5 Å². The van der Waals surface area contributed by atoms with Crippen LogP contribution in [0.5, 0.6) is 11.5 Å². The molecule has 3 nitrogen and oxygen atoms in total. The standard InChI is InChI=1S/C16H18FNO2/c1-2-10-19-12-6-8-13(9-7-12)20-11-14-15(17)4-3-5-16(14)18/h3-9H,2,10-11,18H2,1H3. The minimum atomic E-state index is -0.354. The van der Waals surface area contributed by atoms with Crippen LogP contribution in [0, 0.1) is 5.82 Å². The molecule has 0 radical (unpaired) electrons. The molecule has 0 atom stereocenters. The average molecular weight is 275 g/mol. The van der Waals surface area contributed by atoms with Gasteiger partial charge in [0.1, 0.15) is 23.9 Å². The first-order chi connectivity index (χ1) is 9.70. The molecule has 2 rings (SSSR count). The zero-order chi connectivity index (χ0) is 14.4. The topological polar surface area (TPSA) is 44.5 Å². The van der Waals surface area contributed by atoms with Gasteiger partial charge in [-0.2, -0.15) is 0 Å². The number of halogens is 1. The number of anilines is 1. The van der Waals surface area contributed by atoms with E-state index in [1.165, 1.54) is 6.07 Å². The summed E-state index contributed by atoms with van der Waals surface area (Å²) in [4.78, 5) is 0. The van der Waals surface area contributed by atoms with Gasteiger partial charge in [-0.15, -0.1) is 0 Å². The summed E-state index contributed by atoms with van der Waals surface area (Å²) >= 11 is 0. The maximum absolute atomic E-state index is 13.6. The van der Waals surface area contributed by atoms with E-state index >= 15 is 0 Å². The number of benzene rings is 2. The molecule has 0 aromatic heterocycles. The molecule has 0 unspecified atom stereocenters. The van der Waals surface area contributed by atoms with Crippen molar-refractivity contribution in [3.05, 3.63) is 53.8 Å². The van der Waals surface area contributed by atoms with Crippen LogP contribution in [0.4, 0.5) is 10.1 Å². The van der Waals surface area contributed by atoms with Gasteiger partial charge < -0.3 is 15.2 Å². The lowest BCUT2D eigenvalue weighted by molar-refractivity contribution is 0.297. The molecule has 0 saturated heterocycles. The lowest BCUT2D eigenvalue weighted by Crippen LogP contribution is -2.03. The predicted octanol–water partition coefficient (Wildman–Crippen LogP) is 3.78. The molecule has 2 N–H and O–H groups in total. The lowest BCUT2D eigenvalue weighted by atomic mass is 10.2. The first-order valence-corrected chi connectivity index (χ1v) is 6.59. The third-order valence-electron chi connectivity index (χ3n) is 2.83. The Labute approximate surface area is 118 Å². The molecule has 20 heavy (non-hydrogen) atoms. The van der Waals surface area contributed by atoms with E-state index in [-0.39, 0.29) is 12.4 Å². The molecular weight excluding hydrogens is 257 g/mol. The molecule has 0 spiro atoms. The van der Waals surface area contributed by atoms with E-state index in [0.29, 0.717) is 23.6 Å². The fourth-order valence-corrected chi connectivity index (χ4v) is 1.74. The van der Waals surface area contributed by atoms with Crippen LogP contribution in [0.1, 0.15) is 18.9 Å². The highest BCUT2D eigenvalue weighted by atomic mass is 19.1. The van der Waals surface area contributed by atoms with Gasteiger partial charge in [0.2, 0.25) is 0 Å². The van der Waals surface area contributed by atoms with Gasteiger partial charge in [-0.05, 0) is 42.8 Å². The fourth-order valence-electron chi connectivity index (χ4n) is 1.74. The Balaban J connectivity index is 1.97. The van der Waals surface area contributed by atoms with Crippen LogP contribution in [0.2, 0.25) is 0 Å². The molecule has 0 amide bonds. The number of hydrogen-bond donors (Lipinski definition) is 1. The Kier molecular flexibility index (Phi) is 4.82. The maximum Gasteiger partial charge on any atom is 0.131 e. The van der Waals surface area contributed by atoms with E-state index < -0.39 is 0 Å². The molecule has 2 aromatic carbocycles. The minimum absolute atomic E-state index is 0.105. The smallest absolute Gasteiger partial charge is 0.131 e. The van der Waals surface area contributed by atoms with Gasteiger partial charge in [-0.25, -0.2) is 4.39 Å². The number of nitrogen functional groups attached to an aromatic ring is 1. The lowest BCUT2D eigenvalue weighted by Gasteiger charge is -2.10. The van der Waals surface area contributed by atoms with Crippen molar-refractivity contribution in [3.63, 3.8) is 0 Å². The van der Waals surface area contributed by atoms with Crippen molar-refractivity contribution in [1.82, 2.24) is 0 Å². The summed E-state index contributed by atoms with van der Waals surface area (Å²) in [5.74, 6) is 1.09. The molecule has 0 heterocycles. The van der Waals surface area contributed by atoms with Crippen LogP contribution in [-0.2, 0) is 6.61 Å². The van der Waals surface area contributed by atoms with E-state index in [2.05, 4.69) is 6.92 Å². The van der Waals surface area contributed by atoms with Crippen LogP contribution >= 0.6 is 0 Å². The molecule has 4 heteroatoms. The van der Waals surface area contributed by atoms with Crippen LogP contribution < -0.4 is 15.2 Å². The molecule has 0 fully saturated rings. The van der Waals surface area contributed by atoms with Crippen molar-refractivity contribution in [2.24, 2.45) is 0 Å². The minimum Gasteiger partial charge on any atom is -0.494 e. The van der Waals surface area contributed by atoms with Gasteiger partial charge in [0.25, 0.3) is 0 Å². The second-order valence-electron chi connectivity index (χ2n) is 4.42. The molecular formula is C16H18FNO2. The first-order valence-electron chi connectivity index (χ1n) is 6.59. The van der Waals surface area contributed by atoms with Gasteiger partial charge in [0, 0.05) is 11.3 Å². The summed E-state index contributed by atoms with van der Waals surface area (Å²) < 4.78 is 24.6. The van der Waals surface area contributed by atoms with E-state index in [4.69, 9.17) is 15.2 Å². The predicted molar refractivity (Wildman–Crippen MR) is 77.4 cm³/mol. The highest BCUT2D eigenvalue weighted by Gasteiger charge is 2.06. The number of ether oxygens (including phenoxy) is 2. The summed E-state index contributed by atoms with van der Waals surface area (Å²) in [5.41, 5.74) is 6.49. The molecule has 0 aliphatic heterocycles. The highest BCUT2D eigenvalue weighted by Crippen LogP contribution is 2.21. The molecule has 0 aliphatic carbocycles. The van der Waals surface area contributed by atoms with Crippen molar-refractivity contribution >= 4 is 5.69 Å². The SMILES string of the molecule is CCCOc1ccc(OCc2c(N)cccc2F)cc1. The third kappa shape index (κ3) is 3.63. The Morgan fingerprint density at radius 3 is 2.25 bits per heavy atom. The van der Waals surface area contributed by atoms with Gasteiger partial charge in [-0.1, -0.05) is 13.0 Å². The second kappa shape index (κ2) is 6.80. The van der Waals surface area contributed by atoms with Crippen LogP contribution in [-0.4, -0.2) is 6.61 Å². The number of rotatable bonds is 6. The maximum atomic E-state index is 13.6. The zero-order valence-corrected chi connectivity index (χ0v) is 11.4. The van der Waals surface area contributed by atoms with E-state index in [1.54, 1.807) is 24.3 Å². The van der Waals surface area contributed by atoms with E-state index in [9.17, 15) is 4.39 Å². The summed E-state index contributed by atoms with van der Waals surface area (Å²) in [7, 11) is 0. The van der Waals surface area contributed by atoms with Gasteiger partial charge >= 0.3 is 0 Å². The van der Waals surface area contributed by atoms with E-state index in [1.807, 2.05) is 12.1 Å². The molecule has 2 aromatic rings. The summed E-state index contributed by atoms with van der Waals surface area (Å²) in [6, 6.07) is 11.9. The average Bonchev–Trinajstić information content (AvgIpc) is 2.46. The number of nitrogens with two attached hydrogens (primary N) is 1. The quantitative estimate of drug-likeness (QED) is 0.816. The second-order valence-corrected chi connectivity index (χ2v) is 4.42. The van der Waals surface area contributed by atoms with Gasteiger partial charge in [0.15, 0.2) is 0 Å². The summed E-state index contributed by atoms with van der Waals surface area (Å²) in [5, 5.41) is 0. The number of hydrogen-bond acceptors (Lipinski definition) is 3. The molecule has 0 aliphatic rings.